The number of fused-ring (bicyclic) bond motifs is 1. The predicted octanol–water partition coefficient (Wildman–Crippen LogP) is 3.16. The third-order valence-corrected chi connectivity index (χ3v) is 5.94. The van der Waals surface area contributed by atoms with Crippen molar-refractivity contribution in [2.75, 3.05) is 32.8 Å². The lowest BCUT2D eigenvalue weighted by molar-refractivity contribution is 0.171. The van der Waals surface area contributed by atoms with E-state index in [1.54, 1.807) is 11.3 Å². The van der Waals surface area contributed by atoms with Crippen LogP contribution >= 0.6 is 11.3 Å². The van der Waals surface area contributed by atoms with E-state index in [9.17, 15) is 4.79 Å². The molecule has 2 aliphatic rings. The zero-order valence-corrected chi connectivity index (χ0v) is 16.1. The maximum absolute atomic E-state index is 12.3. The average molecular weight is 388 g/mol. The Hall–Kier alpha value is -2.25. The molecule has 2 amide bonds. The minimum absolute atomic E-state index is 0.148. The number of nitrogens with zero attached hydrogens (tertiary/aromatic N) is 1. The van der Waals surface area contributed by atoms with Crippen molar-refractivity contribution in [2.45, 2.75) is 25.4 Å². The highest BCUT2D eigenvalue weighted by molar-refractivity contribution is 7.10. The zero-order valence-electron chi connectivity index (χ0n) is 15.3. The molecule has 0 spiro atoms. The molecule has 1 unspecified atom stereocenters. The number of rotatable bonds is 6. The van der Waals surface area contributed by atoms with Gasteiger partial charge < -0.3 is 20.1 Å². The van der Waals surface area contributed by atoms with Crippen molar-refractivity contribution in [1.82, 2.24) is 15.5 Å². The van der Waals surface area contributed by atoms with Gasteiger partial charge in [0.1, 0.15) is 13.2 Å². The van der Waals surface area contributed by atoms with Crippen molar-refractivity contribution in [2.24, 2.45) is 0 Å². The van der Waals surface area contributed by atoms with Crippen molar-refractivity contribution in [1.29, 1.82) is 0 Å². The van der Waals surface area contributed by atoms with E-state index in [0.29, 0.717) is 26.3 Å². The lowest BCUT2D eigenvalue weighted by Crippen LogP contribution is -2.41. The van der Waals surface area contributed by atoms with E-state index in [2.05, 4.69) is 33.0 Å². The molecule has 1 aromatic heterocycles. The SMILES string of the molecule is O=C(NCc1ccc2c(c1)OCCO2)NCC(c1cccs1)N1CCCC1. The third-order valence-electron chi connectivity index (χ3n) is 4.97. The van der Waals surface area contributed by atoms with Crippen LogP contribution in [0.1, 0.15) is 29.3 Å². The maximum atomic E-state index is 12.3. The summed E-state index contributed by atoms with van der Waals surface area (Å²) in [6, 6.07) is 10.1. The summed E-state index contributed by atoms with van der Waals surface area (Å²) in [5.74, 6) is 1.51. The molecule has 1 fully saturated rings. The quantitative estimate of drug-likeness (QED) is 0.799. The Morgan fingerprint density at radius 1 is 1.11 bits per heavy atom. The van der Waals surface area contributed by atoms with Gasteiger partial charge in [0, 0.05) is 18.0 Å². The largest absolute Gasteiger partial charge is 0.486 e. The van der Waals surface area contributed by atoms with Crippen LogP contribution in [0.4, 0.5) is 4.79 Å². The van der Waals surface area contributed by atoms with E-state index in [-0.39, 0.29) is 12.1 Å². The van der Waals surface area contributed by atoms with E-state index >= 15 is 0 Å². The second kappa shape index (κ2) is 8.63. The Morgan fingerprint density at radius 3 is 2.70 bits per heavy atom. The Morgan fingerprint density at radius 2 is 1.93 bits per heavy atom. The Labute approximate surface area is 163 Å². The molecule has 2 N–H and O–H groups in total. The number of thiophene rings is 1. The summed E-state index contributed by atoms with van der Waals surface area (Å²) >= 11 is 1.75. The molecule has 1 saturated heterocycles. The van der Waals surface area contributed by atoms with Crippen molar-refractivity contribution in [3.05, 3.63) is 46.2 Å². The molecule has 4 rings (SSSR count). The maximum Gasteiger partial charge on any atom is 0.315 e. The average Bonchev–Trinajstić information content (AvgIpc) is 3.41. The van der Waals surface area contributed by atoms with Gasteiger partial charge in [-0.3, -0.25) is 4.90 Å². The van der Waals surface area contributed by atoms with Gasteiger partial charge in [0.05, 0.1) is 6.04 Å². The molecule has 1 aromatic carbocycles. The lowest BCUT2D eigenvalue weighted by Gasteiger charge is -2.27. The van der Waals surface area contributed by atoms with Crippen molar-refractivity contribution >= 4 is 17.4 Å². The number of nitrogens with one attached hydrogen (secondary N) is 2. The van der Waals surface area contributed by atoms with E-state index in [4.69, 9.17) is 9.47 Å². The van der Waals surface area contributed by atoms with Gasteiger partial charge in [-0.15, -0.1) is 11.3 Å². The van der Waals surface area contributed by atoms with Crippen LogP contribution in [0, 0.1) is 0 Å². The van der Waals surface area contributed by atoms with Crippen molar-refractivity contribution < 1.29 is 14.3 Å². The molecular weight excluding hydrogens is 362 g/mol. The van der Waals surface area contributed by atoms with E-state index in [0.717, 1.165) is 30.2 Å². The number of hydrogen-bond donors (Lipinski definition) is 2. The molecule has 2 aromatic rings. The molecule has 3 heterocycles. The van der Waals surface area contributed by atoms with Crippen LogP contribution < -0.4 is 20.1 Å². The van der Waals surface area contributed by atoms with Crippen LogP contribution in [-0.2, 0) is 6.54 Å². The van der Waals surface area contributed by atoms with Gasteiger partial charge in [-0.1, -0.05) is 12.1 Å². The molecule has 0 radical (unpaired) electrons. The fourth-order valence-electron chi connectivity index (χ4n) is 3.58. The second-order valence-corrected chi connectivity index (χ2v) is 7.80. The summed E-state index contributed by atoms with van der Waals surface area (Å²) < 4.78 is 11.1. The topological polar surface area (TPSA) is 62.8 Å². The third kappa shape index (κ3) is 4.54. The van der Waals surface area contributed by atoms with Crippen LogP contribution in [0.5, 0.6) is 11.5 Å². The molecule has 1 atom stereocenters. The fourth-order valence-corrected chi connectivity index (χ4v) is 4.44. The smallest absolute Gasteiger partial charge is 0.315 e. The summed E-state index contributed by atoms with van der Waals surface area (Å²) in [6.45, 7) is 4.41. The molecule has 144 valence electrons. The van der Waals surface area contributed by atoms with Gasteiger partial charge in [0.15, 0.2) is 11.5 Å². The van der Waals surface area contributed by atoms with Gasteiger partial charge in [-0.05, 0) is 55.1 Å². The van der Waals surface area contributed by atoms with Gasteiger partial charge in [-0.2, -0.15) is 0 Å². The van der Waals surface area contributed by atoms with Crippen LogP contribution in [0.2, 0.25) is 0 Å². The molecule has 0 bridgehead atoms. The minimum Gasteiger partial charge on any atom is -0.486 e. The first-order chi connectivity index (χ1) is 13.3. The Bertz CT molecular complexity index is 760. The number of urea groups is 1. The first-order valence-corrected chi connectivity index (χ1v) is 10.4. The lowest BCUT2D eigenvalue weighted by atomic mass is 10.2. The standard InChI is InChI=1S/C20H25N3O3S/c24-20(21-13-15-5-6-17-18(12-15)26-10-9-25-17)22-14-16(19-4-3-11-27-19)23-7-1-2-8-23/h3-6,11-12,16H,1-2,7-10,13-14H2,(H2,21,22,24). The number of amides is 2. The Balaban J connectivity index is 1.29. The molecule has 2 aliphatic heterocycles. The van der Waals surface area contributed by atoms with Crippen LogP contribution in [0.15, 0.2) is 35.7 Å². The van der Waals surface area contributed by atoms with E-state index < -0.39 is 0 Å². The number of likely N-dealkylation sites (tertiary alicyclic amines) is 1. The predicted molar refractivity (Wildman–Crippen MR) is 106 cm³/mol. The second-order valence-electron chi connectivity index (χ2n) is 6.82. The first-order valence-electron chi connectivity index (χ1n) is 9.47. The first kappa shape index (κ1) is 18.1. The normalized spacial score (nSPS) is 17.5. The fraction of sp³-hybridized carbons (Fsp3) is 0.450. The summed E-state index contributed by atoms with van der Waals surface area (Å²) in [6.07, 6.45) is 2.47. The summed E-state index contributed by atoms with van der Waals surface area (Å²) in [7, 11) is 0. The van der Waals surface area contributed by atoms with Crippen LogP contribution in [0.25, 0.3) is 0 Å². The number of hydrogen-bond acceptors (Lipinski definition) is 5. The molecule has 6 nitrogen and oxygen atoms in total. The van der Waals surface area contributed by atoms with Crippen LogP contribution in [0.3, 0.4) is 0 Å². The molecular formula is C20H25N3O3S. The number of benzene rings is 1. The minimum atomic E-state index is -0.148. The van der Waals surface area contributed by atoms with E-state index in [1.807, 2.05) is 18.2 Å². The zero-order chi connectivity index (χ0) is 18.5. The number of carbonyl (C=O) groups is 1. The molecule has 7 heteroatoms. The molecule has 27 heavy (non-hydrogen) atoms. The van der Waals surface area contributed by atoms with Crippen molar-refractivity contribution in [3.63, 3.8) is 0 Å². The van der Waals surface area contributed by atoms with Gasteiger partial charge in [-0.25, -0.2) is 4.79 Å². The number of ether oxygens (including phenoxy) is 2. The van der Waals surface area contributed by atoms with E-state index in [1.165, 1.54) is 17.7 Å². The Kier molecular flexibility index (Phi) is 5.79. The molecule has 0 aliphatic carbocycles. The highest BCUT2D eigenvalue weighted by Gasteiger charge is 2.24. The highest BCUT2D eigenvalue weighted by atomic mass is 32.1. The number of carbonyl (C=O) groups excluding carboxylic acids is 1. The monoisotopic (exact) mass is 387 g/mol. The van der Waals surface area contributed by atoms with Gasteiger partial charge in [0.2, 0.25) is 0 Å². The summed E-state index contributed by atoms with van der Waals surface area (Å²) in [5.41, 5.74) is 0.990. The van der Waals surface area contributed by atoms with Gasteiger partial charge in [0.25, 0.3) is 0 Å². The van der Waals surface area contributed by atoms with Crippen LogP contribution in [-0.4, -0.2) is 43.8 Å². The highest BCUT2D eigenvalue weighted by Crippen LogP contribution is 2.31. The van der Waals surface area contributed by atoms with Crippen molar-refractivity contribution in [3.8, 4) is 11.5 Å². The molecule has 0 saturated carbocycles. The summed E-state index contributed by atoms with van der Waals surface area (Å²) in [4.78, 5) is 16.1. The van der Waals surface area contributed by atoms with Gasteiger partial charge >= 0.3 is 6.03 Å². The summed E-state index contributed by atoms with van der Waals surface area (Å²) in [5, 5.41) is 8.07.